The fourth-order valence-electron chi connectivity index (χ4n) is 3.25. The van der Waals surface area contributed by atoms with Gasteiger partial charge in [0.25, 0.3) is 0 Å². The Labute approximate surface area is 182 Å². The van der Waals surface area contributed by atoms with Crippen LogP contribution in [0, 0.1) is 0 Å². The number of fused-ring (bicyclic) bond motifs is 1. The molecule has 5 nitrogen and oxygen atoms in total. The number of nitrogens with zero attached hydrogens (tertiary/aromatic N) is 1. The summed E-state index contributed by atoms with van der Waals surface area (Å²) in [5.41, 5.74) is 1.11. The summed E-state index contributed by atoms with van der Waals surface area (Å²) in [5, 5.41) is 2.20. The molecule has 1 amide bonds. The zero-order valence-electron chi connectivity index (χ0n) is 18.1. The largest absolute Gasteiger partial charge is 0.454 e. The van der Waals surface area contributed by atoms with Crippen molar-refractivity contribution >= 4 is 28.4 Å². The molecule has 3 rings (SSSR count). The minimum absolute atomic E-state index is 0.333. The van der Waals surface area contributed by atoms with E-state index in [1.807, 2.05) is 72.8 Å². The van der Waals surface area contributed by atoms with Crippen LogP contribution in [-0.2, 0) is 32.2 Å². The van der Waals surface area contributed by atoms with Crippen LogP contribution in [0.3, 0.4) is 0 Å². The van der Waals surface area contributed by atoms with Crippen molar-refractivity contribution in [1.29, 1.82) is 0 Å². The molecule has 0 saturated heterocycles. The first-order valence-electron chi connectivity index (χ1n) is 10.3. The highest BCUT2D eigenvalue weighted by Gasteiger charge is 2.27. The molecule has 0 aromatic heterocycles. The van der Waals surface area contributed by atoms with Crippen LogP contribution >= 0.6 is 0 Å². The fraction of sp³-hybridized carbons (Fsp3) is 0.269. The van der Waals surface area contributed by atoms with Gasteiger partial charge in [0.2, 0.25) is 11.7 Å². The summed E-state index contributed by atoms with van der Waals surface area (Å²) in [4.78, 5) is 38.9. The van der Waals surface area contributed by atoms with Crippen LogP contribution in [-0.4, -0.2) is 28.2 Å². The first kappa shape index (κ1) is 22.2. The average Bonchev–Trinajstić information content (AvgIpc) is 2.72. The number of amides is 1. The van der Waals surface area contributed by atoms with Gasteiger partial charge in [-0.2, -0.15) is 0 Å². The molecule has 0 aliphatic rings. The minimum Gasteiger partial charge on any atom is -0.454 e. The van der Waals surface area contributed by atoms with Gasteiger partial charge in [-0.3, -0.25) is 9.59 Å². The van der Waals surface area contributed by atoms with Crippen LogP contribution in [0.2, 0.25) is 0 Å². The van der Waals surface area contributed by atoms with Crippen LogP contribution in [0.15, 0.2) is 72.8 Å². The van der Waals surface area contributed by atoms with E-state index in [1.165, 1.54) is 0 Å². The molecule has 0 saturated carbocycles. The average molecular weight is 418 g/mol. The Morgan fingerprint density at radius 3 is 2.06 bits per heavy atom. The zero-order valence-corrected chi connectivity index (χ0v) is 18.1. The quantitative estimate of drug-likeness (QED) is 0.318. The van der Waals surface area contributed by atoms with Gasteiger partial charge in [-0.1, -0.05) is 66.7 Å². The molecule has 0 heterocycles. The molecule has 3 aromatic carbocycles. The summed E-state index contributed by atoms with van der Waals surface area (Å²) in [6.07, 6.45) is -0.519. The number of rotatable bonds is 7. The summed E-state index contributed by atoms with van der Waals surface area (Å²) in [6.45, 7) is 5.72. The van der Waals surface area contributed by atoms with Crippen molar-refractivity contribution < 1.29 is 19.1 Å². The van der Waals surface area contributed by atoms with Gasteiger partial charge < -0.3 is 9.64 Å². The second-order valence-electron chi connectivity index (χ2n) is 8.52. The van der Waals surface area contributed by atoms with E-state index in [1.54, 1.807) is 25.7 Å². The zero-order chi connectivity index (χ0) is 22.4. The molecule has 0 aliphatic heterocycles. The van der Waals surface area contributed by atoms with Crippen molar-refractivity contribution in [2.75, 3.05) is 0 Å². The second-order valence-corrected chi connectivity index (χ2v) is 8.52. The molecule has 0 aliphatic carbocycles. The highest BCUT2D eigenvalue weighted by atomic mass is 16.6. The lowest BCUT2D eigenvalue weighted by atomic mass is 10.1. The molecule has 0 N–H and O–H groups in total. The number of carbonyl (C=O) groups is 3. The first-order valence-corrected chi connectivity index (χ1v) is 10.3. The first-order chi connectivity index (χ1) is 14.7. The maximum Gasteiger partial charge on any atom is 0.375 e. The summed E-state index contributed by atoms with van der Waals surface area (Å²) in [7, 11) is 0. The van der Waals surface area contributed by atoms with E-state index < -0.39 is 29.7 Å². The third-order valence-corrected chi connectivity index (χ3v) is 4.69. The second kappa shape index (κ2) is 9.56. The molecular formula is C26H27NO4. The van der Waals surface area contributed by atoms with E-state index in [9.17, 15) is 14.4 Å². The van der Waals surface area contributed by atoms with Crippen LogP contribution in [0.5, 0.6) is 0 Å². The van der Waals surface area contributed by atoms with Crippen molar-refractivity contribution in [2.24, 2.45) is 0 Å². The number of esters is 1. The van der Waals surface area contributed by atoms with Crippen LogP contribution in [0.1, 0.15) is 38.3 Å². The van der Waals surface area contributed by atoms with Crippen LogP contribution in [0.4, 0.5) is 0 Å². The predicted molar refractivity (Wildman–Crippen MR) is 120 cm³/mol. The molecule has 31 heavy (non-hydrogen) atoms. The van der Waals surface area contributed by atoms with E-state index in [0.29, 0.717) is 13.1 Å². The molecule has 160 valence electrons. The number of ether oxygens (including phenoxy) is 1. The number of Topliss-reactive ketones (excluding diaryl/α,β-unsaturated/α-hetero) is 1. The molecule has 0 unspecified atom stereocenters. The van der Waals surface area contributed by atoms with Gasteiger partial charge >= 0.3 is 5.97 Å². The number of hydrogen-bond acceptors (Lipinski definition) is 4. The summed E-state index contributed by atoms with van der Waals surface area (Å²) >= 11 is 0. The lowest BCUT2D eigenvalue weighted by Gasteiger charge is -2.24. The Balaban J connectivity index is 1.78. The third-order valence-electron chi connectivity index (χ3n) is 4.69. The molecule has 5 heteroatoms. The predicted octanol–water partition coefficient (Wildman–Crippen LogP) is 4.67. The Morgan fingerprint density at radius 1 is 0.774 bits per heavy atom. The van der Waals surface area contributed by atoms with Crippen molar-refractivity contribution in [3.63, 3.8) is 0 Å². The maximum absolute atomic E-state index is 13.0. The fourth-order valence-corrected chi connectivity index (χ4v) is 3.25. The minimum atomic E-state index is -0.980. The number of carbonyl (C=O) groups excluding carboxylic acids is 3. The van der Waals surface area contributed by atoms with Gasteiger partial charge in [0.05, 0.1) is 6.42 Å². The summed E-state index contributed by atoms with van der Waals surface area (Å²) in [5.74, 6) is -2.23. The standard InChI is InChI=1S/C26H27NO4/c1-26(2,3)31-25(30)23(28)16-24(29)27(17-19-9-5-4-6-10-19)18-20-13-14-21-11-7-8-12-22(21)15-20/h4-15H,16-18H2,1-3H3. The Hall–Kier alpha value is -3.47. The number of ketones is 1. The smallest absolute Gasteiger partial charge is 0.375 e. The molecule has 0 spiro atoms. The van der Waals surface area contributed by atoms with Gasteiger partial charge in [-0.05, 0) is 48.7 Å². The van der Waals surface area contributed by atoms with E-state index in [0.717, 1.165) is 21.9 Å². The molecule has 3 aromatic rings. The molecule has 0 fully saturated rings. The highest BCUT2D eigenvalue weighted by Crippen LogP contribution is 2.19. The van der Waals surface area contributed by atoms with Gasteiger partial charge in [-0.15, -0.1) is 0 Å². The van der Waals surface area contributed by atoms with E-state index in [-0.39, 0.29) is 0 Å². The maximum atomic E-state index is 13.0. The lowest BCUT2D eigenvalue weighted by molar-refractivity contribution is -0.163. The van der Waals surface area contributed by atoms with Crippen molar-refractivity contribution in [3.8, 4) is 0 Å². The van der Waals surface area contributed by atoms with Crippen molar-refractivity contribution in [3.05, 3.63) is 83.9 Å². The van der Waals surface area contributed by atoms with Crippen LogP contribution in [0.25, 0.3) is 10.8 Å². The SMILES string of the molecule is CC(C)(C)OC(=O)C(=O)CC(=O)N(Cc1ccccc1)Cc1ccc2ccccc2c1. The third kappa shape index (κ3) is 6.51. The number of benzene rings is 3. The summed E-state index contributed by atoms with van der Waals surface area (Å²) < 4.78 is 5.11. The van der Waals surface area contributed by atoms with Crippen LogP contribution < -0.4 is 0 Å². The molecular weight excluding hydrogens is 390 g/mol. The molecule has 0 atom stereocenters. The van der Waals surface area contributed by atoms with E-state index in [2.05, 4.69) is 0 Å². The van der Waals surface area contributed by atoms with E-state index >= 15 is 0 Å². The highest BCUT2D eigenvalue weighted by molar-refractivity contribution is 6.37. The van der Waals surface area contributed by atoms with Crippen molar-refractivity contribution in [1.82, 2.24) is 4.90 Å². The topological polar surface area (TPSA) is 63.7 Å². The van der Waals surface area contributed by atoms with Gasteiger partial charge in [0.15, 0.2) is 0 Å². The molecule has 0 radical (unpaired) electrons. The Kier molecular flexibility index (Phi) is 6.85. The Morgan fingerprint density at radius 2 is 1.39 bits per heavy atom. The van der Waals surface area contributed by atoms with Gasteiger partial charge in [0, 0.05) is 13.1 Å². The molecule has 0 bridgehead atoms. The monoisotopic (exact) mass is 417 g/mol. The normalized spacial score (nSPS) is 11.2. The lowest BCUT2D eigenvalue weighted by Crippen LogP contribution is -2.35. The van der Waals surface area contributed by atoms with E-state index in [4.69, 9.17) is 4.74 Å². The van der Waals surface area contributed by atoms with Gasteiger partial charge in [-0.25, -0.2) is 4.79 Å². The van der Waals surface area contributed by atoms with Gasteiger partial charge in [0.1, 0.15) is 5.60 Å². The number of hydrogen-bond donors (Lipinski definition) is 0. The Bertz CT molecular complexity index is 1080. The van der Waals surface area contributed by atoms with Crippen molar-refractivity contribution in [2.45, 2.75) is 45.9 Å². The summed E-state index contributed by atoms with van der Waals surface area (Å²) in [6, 6.07) is 23.6.